The van der Waals surface area contributed by atoms with Crippen LogP contribution in [0.3, 0.4) is 0 Å². The molecule has 26 heavy (non-hydrogen) atoms. The predicted octanol–water partition coefficient (Wildman–Crippen LogP) is 4.57. The number of aromatic nitrogens is 1. The summed E-state index contributed by atoms with van der Waals surface area (Å²) in [7, 11) is 0. The second kappa shape index (κ2) is 6.08. The van der Waals surface area contributed by atoms with Gasteiger partial charge in [0.1, 0.15) is 0 Å². The number of amides is 1. The van der Waals surface area contributed by atoms with Gasteiger partial charge in [-0.3, -0.25) is 9.78 Å². The molecule has 3 aromatic rings. The highest BCUT2D eigenvalue weighted by Gasteiger charge is 2.44. The lowest BCUT2D eigenvalue weighted by Gasteiger charge is -2.32. The fourth-order valence-corrected chi connectivity index (χ4v) is 4.57. The Balaban J connectivity index is 1.67. The van der Waals surface area contributed by atoms with E-state index in [1.807, 2.05) is 35.2 Å². The van der Waals surface area contributed by atoms with E-state index in [0.29, 0.717) is 12.1 Å². The van der Waals surface area contributed by atoms with Crippen LogP contribution in [0.1, 0.15) is 40.3 Å². The molecule has 1 aliphatic rings. The van der Waals surface area contributed by atoms with Crippen molar-refractivity contribution in [3.8, 4) is 16.5 Å². The van der Waals surface area contributed by atoms with E-state index in [9.17, 15) is 4.79 Å². The van der Waals surface area contributed by atoms with Gasteiger partial charge in [-0.05, 0) is 49.7 Å². The predicted molar refractivity (Wildman–Crippen MR) is 102 cm³/mol. The van der Waals surface area contributed by atoms with Gasteiger partial charge in [-0.15, -0.1) is 11.3 Å². The van der Waals surface area contributed by atoms with Gasteiger partial charge in [0.15, 0.2) is 0 Å². The Morgan fingerprint density at radius 2 is 1.96 bits per heavy atom. The number of carbonyl (C=O) groups is 1. The van der Waals surface area contributed by atoms with Crippen molar-refractivity contribution in [2.45, 2.75) is 25.9 Å². The minimum Gasteiger partial charge on any atom is -0.323 e. The molecule has 0 fully saturated rings. The highest BCUT2D eigenvalue weighted by molar-refractivity contribution is 7.17. The number of nitrogens with zero attached hydrogens (tertiary/aromatic N) is 3. The number of fused-ring (bicyclic) bond motifs is 1. The molecular formula is C21H17N3OS. The normalized spacial score (nSPS) is 15.0. The van der Waals surface area contributed by atoms with E-state index in [2.05, 4.69) is 31.0 Å². The largest absolute Gasteiger partial charge is 0.323 e. The molecule has 3 heterocycles. The van der Waals surface area contributed by atoms with Crippen LogP contribution in [0.2, 0.25) is 0 Å². The third-order valence-electron chi connectivity index (χ3n) is 4.85. The zero-order valence-electron chi connectivity index (χ0n) is 14.6. The molecule has 0 unspecified atom stereocenters. The van der Waals surface area contributed by atoms with E-state index in [0.717, 1.165) is 26.6 Å². The third kappa shape index (κ3) is 2.59. The molecule has 0 radical (unpaired) electrons. The maximum Gasteiger partial charge on any atom is 0.265 e. The Kier molecular flexibility index (Phi) is 3.86. The van der Waals surface area contributed by atoms with Crippen LogP contribution in [0.25, 0.3) is 10.4 Å². The second-order valence-corrected chi connectivity index (χ2v) is 7.87. The standard InChI is InChI=1S/C21H17N3OS/c1-21(2)17-11-18(15-8-6-14(12-22)7-9-15)26-19(17)20(25)24(21)13-16-5-3-4-10-23-16/h3-11H,13H2,1-2H3. The SMILES string of the molecule is CC1(C)c2cc(-c3ccc(C#N)cc3)sc2C(=O)N1Cc1ccccn1. The number of rotatable bonds is 3. The number of hydrogen-bond acceptors (Lipinski definition) is 4. The van der Waals surface area contributed by atoms with Crippen molar-refractivity contribution in [3.63, 3.8) is 0 Å². The highest BCUT2D eigenvalue weighted by atomic mass is 32.1. The number of benzene rings is 1. The molecule has 1 amide bonds. The Bertz CT molecular complexity index is 1010. The summed E-state index contributed by atoms with van der Waals surface area (Å²) in [6.45, 7) is 4.66. The molecule has 0 saturated heterocycles. The third-order valence-corrected chi connectivity index (χ3v) is 6.02. The van der Waals surface area contributed by atoms with Gasteiger partial charge in [0.05, 0.1) is 34.3 Å². The molecule has 0 aliphatic carbocycles. The van der Waals surface area contributed by atoms with Crippen LogP contribution in [-0.4, -0.2) is 15.8 Å². The summed E-state index contributed by atoms with van der Waals surface area (Å²) < 4.78 is 0. The summed E-state index contributed by atoms with van der Waals surface area (Å²) >= 11 is 1.52. The van der Waals surface area contributed by atoms with E-state index in [1.165, 1.54) is 11.3 Å². The summed E-state index contributed by atoms with van der Waals surface area (Å²) in [5.41, 5.74) is 3.23. The van der Waals surface area contributed by atoms with Crippen molar-refractivity contribution < 1.29 is 4.79 Å². The number of pyridine rings is 1. The van der Waals surface area contributed by atoms with Crippen LogP contribution in [0.4, 0.5) is 0 Å². The van der Waals surface area contributed by atoms with Gasteiger partial charge < -0.3 is 4.90 Å². The Morgan fingerprint density at radius 1 is 1.19 bits per heavy atom. The molecular weight excluding hydrogens is 342 g/mol. The maximum atomic E-state index is 13.0. The van der Waals surface area contributed by atoms with E-state index < -0.39 is 0 Å². The van der Waals surface area contributed by atoms with Gasteiger partial charge in [-0.25, -0.2) is 0 Å². The smallest absolute Gasteiger partial charge is 0.265 e. The van der Waals surface area contributed by atoms with Crippen molar-refractivity contribution in [1.29, 1.82) is 5.26 Å². The summed E-state index contributed by atoms with van der Waals surface area (Å²) in [5.74, 6) is 0.0561. The molecule has 1 aliphatic heterocycles. The minimum absolute atomic E-state index is 0.0561. The van der Waals surface area contributed by atoms with Crippen molar-refractivity contribution in [2.75, 3.05) is 0 Å². The van der Waals surface area contributed by atoms with Crippen LogP contribution in [0, 0.1) is 11.3 Å². The minimum atomic E-state index is -0.384. The van der Waals surface area contributed by atoms with Crippen molar-refractivity contribution in [1.82, 2.24) is 9.88 Å². The summed E-state index contributed by atoms with van der Waals surface area (Å²) in [6, 6.07) is 17.5. The summed E-state index contributed by atoms with van der Waals surface area (Å²) in [4.78, 5) is 21.1. The average molecular weight is 359 g/mol. The first-order valence-electron chi connectivity index (χ1n) is 8.37. The van der Waals surface area contributed by atoms with Crippen molar-refractivity contribution in [3.05, 3.63) is 76.4 Å². The first kappa shape index (κ1) is 16.5. The van der Waals surface area contributed by atoms with E-state index in [-0.39, 0.29) is 11.4 Å². The number of hydrogen-bond donors (Lipinski definition) is 0. The van der Waals surface area contributed by atoms with Crippen LogP contribution in [-0.2, 0) is 12.1 Å². The Morgan fingerprint density at radius 3 is 2.58 bits per heavy atom. The molecule has 0 N–H and O–H groups in total. The Hall–Kier alpha value is -2.97. The summed E-state index contributed by atoms with van der Waals surface area (Å²) in [6.07, 6.45) is 1.75. The molecule has 0 saturated carbocycles. The number of nitriles is 1. The lowest BCUT2D eigenvalue weighted by Crippen LogP contribution is -2.38. The highest BCUT2D eigenvalue weighted by Crippen LogP contribution is 2.46. The summed E-state index contributed by atoms with van der Waals surface area (Å²) in [5, 5.41) is 8.95. The zero-order valence-corrected chi connectivity index (χ0v) is 15.4. The topological polar surface area (TPSA) is 57.0 Å². The maximum absolute atomic E-state index is 13.0. The number of thiophene rings is 1. The molecule has 5 heteroatoms. The molecule has 4 rings (SSSR count). The molecule has 0 bridgehead atoms. The lowest BCUT2D eigenvalue weighted by atomic mass is 9.96. The van der Waals surface area contributed by atoms with Crippen LogP contribution < -0.4 is 0 Å². The van der Waals surface area contributed by atoms with Gasteiger partial charge in [-0.2, -0.15) is 5.26 Å². The first-order valence-corrected chi connectivity index (χ1v) is 9.19. The van der Waals surface area contributed by atoms with Gasteiger partial charge >= 0.3 is 0 Å². The van der Waals surface area contributed by atoms with E-state index >= 15 is 0 Å². The molecule has 0 atom stereocenters. The van der Waals surface area contributed by atoms with Crippen molar-refractivity contribution in [2.24, 2.45) is 0 Å². The van der Waals surface area contributed by atoms with E-state index in [1.54, 1.807) is 18.3 Å². The van der Waals surface area contributed by atoms with E-state index in [4.69, 9.17) is 5.26 Å². The molecule has 2 aromatic heterocycles. The number of carbonyl (C=O) groups excluding carboxylic acids is 1. The fourth-order valence-electron chi connectivity index (χ4n) is 3.30. The molecule has 0 spiro atoms. The zero-order chi connectivity index (χ0) is 18.3. The van der Waals surface area contributed by atoms with Gasteiger partial charge in [0.25, 0.3) is 5.91 Å². The quantitative estimate of drug-likeness (QED) is 0.688. The monoisotopic (exact) mass is 359 g/mol. The molecule has 4 nitrogen and oxygen atoms in total. The average Bonchev–Trinajstić information content (AvgIpc) is 3.18. The Labute approximate surface area is 156 Å². The molecule has 1 aromatic carbocycles. The second-order valence-electron chi connectivity index (χ2n) is 6.81. The van der Waals surface area contributed by atoms with Gasteiger partial charge in [-0.1, -0.05) is 18.2 Å². The van der Waals surface area contributed by atoms with Crippen LogP contribution in [0.5, 0.6) is 0 Å². The van der Waals surface area contributed by atoms with Crippen LogP contribution in [0.15, 0.2) is 54.7 Å². The fraction of sp³-hybridized carbons (Fsp3) is 0.190. The van der Waals surface area contributed by atoms with Crippen molar-refractivity contribution >= 4 is 17.2 Å². The lowest BCUT2D eigenvalue weighted by molar-refractivity contribution is 0.0593. The van der Waals surface area contributed by atoms with Gasteiger partial charge in [0.2, 0.25) is 0 Å². The molecule has 128 valence electrons. The first-order chi connectivity index (χ1) is 12.5. The van der Waals surface area contributed by atoms with Gasteiger partial charge in [0, 0.05) is 16.6 Å². The van der Waals surface area contributed by atoms with Crippen LogP contribution >= 0.6 is 11.3 Å².